The molecule has 3 nitrogen and oxygen atoms in total. The Kier molecular flexibility index (Phi) is 3.22. The van der Waals surface area contributed by atoms with E-state index in [1.165, 1.54) is 12.8 Å². The molecule has 0 unspecified atom stereocenters. The van der Waals surface area contributed by atoms with Crippen LogP contribution in [0.2, 0.25) is 0 Å². The van der Waals surface area contributed by atoms with Crippen molar-refractivity contribution in [3.8, 4) is 16.9 Å². The molecular weight excluding hydrogens is 236 g/mol. The molecule has 2 N–H and O–H groups in total. The minimum absolute atomic E-state index is 0.228. The van der Waals surface area contributed by atoms with Crippen LogP contribution in [0.4, 0.5) is 0 Å². The highest BCUT2D eigenvalue weighted by atomic mass is 16.5. The molecule has 1 aromatic heterocycles. The van der Waals surface area contributed by atoms with Crippen LogP contribution >= 0.6 is 0 Å². The number of nitrogens with zero attached hydrogens (tertiary/aromatic N) is 1. The van der Waals surface area contributed by atoms with E-state index in [2.05, 4.69) is 11.1 Å². The maximum absolute atomic E-state index is 6.01. The molecule has 1 fully saturated rings. The Morgan fingerprint density at radius 2 is 1.84 bits per heavy atom. The standard InChI is InChI=1S/C16H18N2O/c17-11-16(7-8-16)12-19-15-4-2-1-3-14(15)13-5-9-18-10-6-13/h1-6,9-10H,7-8,11-12,17H2. The lowest BCUT2D eigenvalue weighted by Crippen LogP contribution is -2.22. The highest BCUT2D eigenvalue weighted by Crippen LogP contribution is 2.45. The molecule has 2 aromatic rings. The summed E-state index contributed by atoms with van der Waals surface area (Å²) in [7, 11) is 0. The Morgan fingerprint density at radius 1 is 1.11 bits per heavy atom. The predicted octanol–water partition coefficient (Wildman–Crippen LogP) is 2.87. The minimum atomic E-state index is 0.228. The fourth-order valence-corrected chi connectivity index (χ4v) is 2.18. The van der Waals surface area contributed by atoms with Gasteiger partial charge in [0.15, 0.2) is 0 Å². The van der Waals surface area contributed by atoms with Gasteiger partial charge in [-0.05, 0) is 36.6 Å². The molecule has 1 aliphatic carbocycles. The van der Waals surface area contributed by atoms with E-state index in [0.29, 0.717) is 13.2 Å². The fourth-order valence-electron chi connectivity index (χ4n) is 2.18. The quantitative estimate of drug-likeness (QED) is 0.892. The lowest BCUT2D eigenvalue weighted by atomic mass is 10.1. The van der Waals surface area contributed by atoms with E-state index in [0.717, 1.165) is 16.9 Å². The first-order valence-electron chi connectivity index (χ1n) is 6.65. The van der Waals surface area contributed by atoms with E-state index in [4.69, 9.17) is 10.5 Å². The van der Waals surface area contributed by atoms with E-state index < -0.39 is 0 Å². The summed E-state index contributed by atoms with van der Waals surface area (Å²) in [5, 5.41) is 0. The Balaban J connectivity index is 1.82. The van der Waals surface area contributed by atoms with Crippen molar-refractivity contribution >= 4 is 0 Å². The first kappa shape index (κ1) is 12.2. The summed E-state index contributed by atoms with van der Waals surface area (Å²) in [5.74, 6) is 0.924. The molecule has 3 rings (SSSR count). The minimum Gasteiger partial charge on any atom is -0.492 e. The molecule has 1 aliphatic rings. The van der Waals surface area contributed by atoms with Crippen LogP contribution < -0.4 is 10.5 Å². The number of benzene rings is 1. The zero-order valence-electron chi connectivity index (χ0n) is 10.9. The highest BCUT2D eigenvalue weighted by molar-refractivity contribution is 5.69. The Bertz CT molecular complexity index is 550. The maximum Gasteiger partial charge on any atom is 0.127 e. The topological polar surface area (TPSA) is 48.1 Å². The van der Waals surface area contributed by atoms with Gasteiger partial charge in [-0.3, -0.25) is 4.98 Å². The number of rotatable bonds is 5. The highest BCUT2D eigenvalue weighted by Gasteiger charge is 2.42. The molecule has 1 aromatic carbocycles. The maximum atomic E-state index is 6.01. The molecular formula is C16H18N2O. The van der Waals surface area contributed by atoms with Crippen LogP contribution in [0, 0.1) is 5.41 Å². The second kappa shape index (κ2) is 5.02. The summed E-state index contributed by atoms with van der Waals surface area (Å²) in [4.78, 5) is 4.05. The molecule has 0 aliphatic heterocycles. The molecule has 1 saturated carbocycles. The number of ether oxygens (including phenoxy) is 1. The number of aromatic nitrogens is 1. The van der Waals surface area contributed by atoms with Crippen molar-refractivity contribution in [2.75, 3.05) is 13.2 Å². The van der Waals surface area contributed by atoms with Crippen molar-refractivity contribution in [1.29, 1.82) is 0 Å². The normalized spacial score (nSPS) is 16.1. The first-order chi connectivity index (χ1) is 9.33. The van der Waals surface area contributed by atoms with Gasteiger partial charge in [0.25, 0.3) is 0 Å². The smallest absolute Gasteiger partial charge is 0.127 e. The first-order valence-corrected chi connectivity index (χ1v) is 6.65. The van der Waals surface area contributed by atoms with Gasteiger partial charge in [-0.2, -0.15) is 0 Å². The molecule has 98 valence electrons. The molecule has 0 bridgehead atoms. The largest absolute Gasteiger partial charge is 0.492 e. The van der Waals surface area contributed by atoms with Gasteiger partial charge in [0, 0.05) is 29.9 Å². The summed E-state index contributed by atoms with van der Waals surface area (Å²) in [6.45, 7) is 1.43. The van der Waals surface area contributed by atoms with Gasteiger partial charge in [-0.1, -0.05) is 18.2 Å². The number of hydrogen-bond acceptors (Lipinski definition) is 3. The number of para-hydroxylation sites is 1. The van der Waals surface area contributed by atoms with E-state index in [-0.39, 0.29) is 5.41 Å². The van der Waals surface area contributed by atoms with Gasteiger partial charge >= 0.3 is 0 Å². The second-order valence-electron chi connectivity index (χ2n) is 5.22. The van der Waals surface area contributed by atoms with Crippen LogP contribution in [0.3, 0.4) is 0 Å². The molecule has 0 amide bonds. The van der Waals surface area contributed by atoms with E-state index in [1.807, 2.05) is 30.3 Å². The average Bonchev–Trinajstić information content (AvgIpc) is 3.27. The van der Waals surface area contributed by atoms with Gasteiger partial charge in [0.05, 0.1) is 6.61 Å². The van der Waals surface area contributed by atoms with Crippen LogP contribution in [0.1, 0.15) is 12.8 Å². The van der Waals surface area contributed by atoms with Gasteiger partial charge in [0.2, 0.25) is 0 Å². The van der Waals surface area contributed by atoms with Gasteiger partial charge in [-0.15, -0.1) is 0 Å². The average molecular weight is 254 g/mol. The van der Waals surface area contributed by atoms with Crippen LogP contribution in [0.25, 0.3) is 11.1 Å². The van der Waals surface area contributed by atoms with E-state index >= 15 is 0 Å². The van der Waals surface area contributed by atoms with Crippen molar-refractivity contribution in [2.24, 2.45) is 11.1 Å². The molecule has 0 saturated heterocycles. The monoisotopic (exact) mass is 254 g/mol. The Hall–Kier alpha value is -1.87. The Labute approximate surface area is 113 Å². The molecule has 1 heterocycles. The van der Waals surface area contributed by atoms with Crippen LogP contribution in [-0.4, -0.2) is 18.1 Å². The van der Waals surface area contributed by atoms with Crippen molar-refractivity contribution in [2.45, 2.75) is 12.8 Å². The summed E-state index contributed by atoms with van der Waals surface area (Å²) in [6.07, 6.45) is 5.96. The second-order valence-corrected chi connectivity index (χ2v) is 5.22. The number of pyridine rings is 1. The van der Waals surface area contributed by atoms with Gasteiger partial charge in [-0.25, -0.2) is 0 Å². The summed E-state index contributed by atoms with van der Waals surface area (Å²) in [5.41, 5.74) is 8.26. The van der Waals surface area contributed by atoms with Crippen molar-refractivity contribution in [3.63, 3.8) is 0 Å². The lowest BCUT2D eigenvalue weighted by Gasteiger charge is -2.16. The Morgan fingerprint density at radius 3 is 2.53 bits per heavy atom. The zero-order valence-corrected chi connectivity index (χ0v) is 10.9. The summed E-state index contributed by atoms with van der Waals surface area (Å²) in [6, 6.07) is 12.1. The molecule has 0 atom stereocenters. The van der Waals surface area contributed by atoms with Crippen LogP contribution in [0.5, 0.6) is 5.75 Å². The molecule has 0 spiro atoms. The van der Waals surface area contributed by atoms with E-state index in [1.54, 1.807) is 12.4 Å². The van der Waals surface area contributed by atoms with Crippen molar-refractivity contribution in [1.82, 2.24) is 4.98 Å². The zero-order chi connectivity index (χ0) is 13.1. The van der Waals surface area contributed by atoms with Crippen LogP contribution in [-0.2, 0) is 0 Å². The fraction of sp³-hybridized carbons (Fsp3) is 0.312. The molecule has 3 heteroatoms. The van der Waals surface area contributed by atoms with Crippen molar-refractivity contribution < 1.29 is 4.74 Å². The predicted molar refractivity (Wildman–Crippen MR) is 75.9 cm³/mol. The van der Waals surface area contributed by atoms with Gasteiger partial charge < -0.3 is 10.5 Å². The SMILES string of the molecule is NCC1(COc2ccccc2-c2ccncc2)CC1. The molecule has 19 heavy (non-hydrogen) atoms. The van der Waals surface area contributed by atoms with Gasteiger partial charge in [0.1, 0.15) is 5.75 Å². The molecule has 0 radical (unpaired) electrons. The third-order valence-electron chi connectivity index (χ3n) is 3.80. The third kappa shape index (κ3) is 2.61. The summed E-state index contributed by atoms with van der Waals surface area (Å²) < 4.78 is 6.01. The number of nitrogens with two attached hydrogens (primary N) is 1. The summed E-state index contributed by atoms with van der Waals surface area (Å²) >= 11 is 0. The number of hydrogen-bond donors (Lipinski definition) is 1. The van der Waals surface area contributed by atoms with E-state index in [9.17, 15) is 0 Å². The van der Waals surface area contributed by atoms with Crippen LogP contribution in [0.15, 0.2) is 48.8 Å². The lowest BCUT2D eigenvalue weighted by molar-refractivity contribution is 0.240. The third-order valence-corrected chi connectivity index (χ3v) is 3.80. The van der Waals surface area contributed by atoms with Crippen molar-refractivity contribution in [3.05, 3.63) is 48.8 Å².